The molecule has 0 saturated carbocycles. The van der Waals surface area contributed by atoms with Gasteiger partial charge in [-0.15, -0.1) is 0 Å². The molecule has 2 aromatic carbocycles. The third-order valence-corrected chi connectivity index (χ3v) is 3.03. The third kappa shape index (κ3) is 4.07. The minimum atomic E-state index is 1.10. The second-order valence-corrected chi connectivity index (χ2v) is 4.61. The first-order chi connectivity index (χ1) is 8.34. The zero-order valence-corrected chi connectivity index (χ0v) is 10.4. The van der Waals surface area contributed by atoms with E-state index in [1.54, 1.807) is 5.92 Å². The van der Waals surface area contributed by atoms with E-state index < -0.39 is 0 Å². The van der Waals surface area contributed by atoms with E-state index >= 15 is 0 Å². The minimum Gasteiger partial charge on any atom is -0.0622 e. The lowest BCUT2D eigenvalue weighted by Crippen LogP contribution is -1.99. The van der Waals surface area contributed by atoms with E-state index in [-0.39, 0.29) is 0 Å². The molecule has 0 heterocycles. The van der Waals surface area contributed by atoms with Crippen LogP contribution in [0.1, 0.15) is 24.5 Å². The standard InChI is InChI=1S/C17H19/c1-15(14-17-10-6-3-7-11-17)12-13-16-8-4-2-5-9-16/h2-11H,12-14H2,1H3. The Hall–Kier alpha value is -1.56. The van der Waals surface area contributed by atoms with Crippen LogP contribution < -0.4 is 0 Å². The van der Waals surface area contributed by atoms with Gasteiger partial charge in [-0.3, -0.25) is 0 Å². The molecule has 0 fully saturated rings. The van der Waals surface area contributed by atoms with Gasteiger partial charge in [-0.2, -0.15) is 0 Å². The van der Waals surface area contributed by atoms with Crippen LogP contribution in [-0.2, 0) is 12.8 Å². The van der Waals surface area contributed by atoms with Gasteiger partial charge in [-0.05, 0) is 36.3 Å². The zero-order chi connectivity index (χ0) is 11.9. The lowest BCUT2D eigenvalue weighted by molar-refractivity contribution is 0.778. The summed E-state index contributed by atoms with van der Waals surface area (Å²) >= 11 is 0. The Morgan fingerprint density at radius 3 is 1.88 bits per heavy atom. The maximum atomic E-state index is 2.26. The van der Waals surface area contributed by atoms with E-state index in [9.17, 15) is 0 Å². The van der Waals surface area contributed by atoms with Crippen LogP contribution in [0.25, 0.3) is 0 Å². The van der Waals surface area contributed by atoms with Crippen molar-refractivity contribution in [2.45, 2.75) is 26.2 Å². The van der Waals surface area contributed by atoms with Gasteiger partial charge >= 0.3 is 0 Å². The van der Waals surface area contributed by atoms with Crippen LogP contribution in [0, 0.1) is 5.92 Å². The van der Waals surface area contributed by atoms with Gasteiger partial charge in [0.25, 0.3) is 0 Å². The molecule has 2 aromatic rings. The van der Waals surface area contributed by atoms with Crippen molar-refractivity contribution in [3.05, 3.63) is 77.7 Å². The van der Waals surface area contributed by atoms with Gasteiger partial charge in [0.15, 0.2) is 0 Å². The zero-order valence-electron chi connectivity index (χ0n) is 10.4. The second kappa shape index (κ2) is 6.24. The summed E-state index contributed by atoms with van der Waals surface area (Å²) in [5.74, 6) is 1.56. The van der Waals surface area contributed by atoms with Crippen LogP contribution in [-0.4, -0.2) is 0 Å². The van der Waals surface area contributed by atoms with Crippen LogP contribution in [0.2, 0.25) is 0 Å². The Morgan fingerprint density at radius 2 is 1.29 bits per heavy atom. The Morgan fingerprint density at radius 1 is 0.765 bits per heavy atom. The molecule has 0 nitrogen and oxygen atoms in total. The number of hydrogen-bond donors (Lipinski definition) is 0. The van der Waals surface area contributed by atoms with Crippen molar-refractivity contribution in [1.29, 1.82) is 0 Å². The summed E-state index contributed by atoms with van der Waals surface area (Å²) in [6, 6.07) is 21.4. The molecule has 2 rings (SSSR count). The molecule has 0 amide bonds. The first-order valence-electron chi connectivity index (χ1n) is 6.24. The summed E-state index contributed by atoms with van der Waals surface area (Å²) in [6.45, 7) is 2.26. The molecule has 0 atom stereocenters. The summed E-state index contributed by atoms with van der Waals surface area (Å²) in [7, 11) is 0. The third-order valence-electron chi connectivity index (χ3n) is 3.03. The lowest BCUT2D eigenvalue weighted by atomic mass is 9.95. The molecule has 17 heavy (non-hydrogen) atoms. The predicted octanol–water partition coefficient (Wildman–Crippen LogP) is 4.46. The fourth-order valence-corrected chi connectivity index (χ4v) is 2.04. The van der Waals surface area contributed by atoms with Gasteiger partial charge in [0.2, 0.25) is 0 Å². The maximum absolute atomic E-state index is 2.26. The second-order valence-electron chi connectivity index (χ2n) is 4.61. The number of rotatable bonds is 5. The Labute approximate surface area is 104 Å². The first kappa shape index (κ1) is 11.9. The Bertz CT molecular complexity index is 416. The van der Waals surface area contributed by atoms with E-state index in [4.69, 9.17) is 0 Å². The van der Waals surface area contributed by atoms with E-state index in [1.807, 2.05) is 0 Å². The number of benzene rings is 2. The average Bonchev–Trinajstić information content (AvgIpc) is 2.39. The van der Waals surface area contributed by atoms with Crippen molar-refractivity contribution in [3.8, 4) is 0 Å². The highest BCUT2D eigenvalue weighted by Crippen LogP contribution is 2.16. The summed E-state index contributed by atoms with van der Waals surface area (Å²) in [4.78, 5) is 0. The Kier molecular flexibility index (Phi) is 4.37. The van der Waals surface area contributed by atoms with Crippen LogP contribution in [0.4, 0.5) is 0 Å². The highest BCUT2D eigenvalue weighted by Gasteiger charge is 2.04. The van der Waals surface area contributed by atoms with Crippen LogP contribution in [0.15, 0.2) is 60.7 Å². The van der Waals surface area contributed by atoms with E-state index in [0.717, 1.165) is 12.8 Å². The summed E-state index contributed by atoms with van der Waals surface area (Å²) in [5.41, 5.74) is 2.85. The Balaban J connectivity index is 1.80. The highest BCUT2D eigenvalue weighted by molar-refractivity contribution is 5.20. The fraction of sp³-hybridized carbons (Fsp3) is 0.235. The molecular formula is C17H19. The van der Waals surface area contributed by atoms with Crippen LogP contribution in [0.5, 0.6) is 0 Å². The van der Waals surface area contributed by atoms with Crippen molar-refractivity contribution in [1.82, 2.24) is 0 Å². The molecule has 0 saturated heterocycles. The molecule has 0 aliphatic heterocycles. The van der Waals surface area contributed by atoms with Crippen LogP contribution >= 0.6 is 0 Å². The molecule has 0 aliphatic carbocycles. The maximum Gasteiger partial charge on any atom is -0.0219 e. The molecule has 0 spiro atoms. The van der Waals surface area contributed by atoms with Crippen molar-refractivity contribution in [2.75, 3.05) is 0 Å². The van der Waals surface area contributed by atoms with Gasteiger partial charge in [0.05, 0.1) is 0 Å². The number of aryl methyl sites for hydroxylation is 1. The monoisotopic (exact) mass is 223 g/mol. The average molecular weight is 223 g/mol. The number of hydrogen-bond acceptors (Lipinski definition) is 0. The molecule has 0 aromatic heterocycles. The van der Waals surface area contributed by atoms with E-state index in [2.05, 4.69) is 67.6 Å². The first-order valence-corrected chi connectivity index (χ1v) is 6.24. The molecule has 0 aliphatic rings. The molecule has 0 bridgehead atoms. The SMILES string of the molecule is C[C](CCc1ccccc1)Cc1ccccc1. The molecule has 0 N–H and O–H groups in total. The van der Waals surface area contributed by atoms with Gasteiger partial charge in [-0.1, -0.05) is 67.6 Å². The van der Waals surface area contributed by atoms with Gasteiger partial charge in [0.1, 0.15) is 0 Å². The molecular weight excluding hydrogens is 204 g/mol. The van der Waals surface area contributed by atoms with Crippen molar-refractivity contribution in [2.24, 2.45) is 0 Å². The van der Waals surface area contributed by atoms with Gasteiger partial charge < -0.3 is 0 Å². The lowest BCUT2D eigenvalue weighted by Gasteiger charge is -2.10. The molecule has 0 unspecified atom stereocenters. The fourth-order valence-electron chi connectivity index (χ4n) is 2.04. The van der Waals surface area contributed by atoms with Gasteiger partial charge in [0, 0.05) is 0 Å². The summed E-state index contributed by atoms with van der Waals surface area (Å²) in [5, 5.41) is 0. The summed E-state index contributed by atoms with van der Waals surface area (Å²) in [6.07, 6.45) is 3.44. The van der Waals surface area contributed by atoms with E-state index in [1.165, 1.54) is 17.5 Å². The topological polar surface area (TPSA) is 0 Å². The normalized spacial score (nSPS) is 10.7. The summed E-state index contributed by atoms with van der Waals surface area (Å²) < 4.78 is 0. The quantitative estimate of drug-likeness (QED) is 0.702. The van der Waals surface area contributed by atoms with E-state index in [0.29, 0.717) is 0 Å². The smallest absolute Gasteiger partial charge is 0.0219 e. The molecule has 0 heteroatoms. The van der Waals surface area contributed by atoms with Gasteiger partial charge in [-0.25, -0.2) is 0 Å². The van der Waals surface area contributed by atoms with Crippen molar-refractivity contribution < 1.29 is 0 Å². The molecule has 1 radical (unpaired) electrons. The minimum absolute atomic E-state index is 1.10. The molecule has 87 valence electrons. The largest absolute Gasteiger partial charge is 0.0622 e. The predicted molar refractivity (Wildman–Crippen MR) is 73.8 cm³/mol. The van der Waals surface area contributed by atoms with Crippen molar-refractivity contribution >= 4 is 0 Å². The van der Waals surface area contributed by atoms with Crippen molar-refractivity contribution in [3.63, 3.8) is 0 Å². The van der Waals surface area contributed by atoms with Crippen LogP contribution in [0.3, 0.4) is 0 Å². The highest BCUT2D eigenvalue weighted by atomic mass is 14.1.